The first kappa shape index (κ1) is 16.6. The lowest BCUT2D eigenvalue weighted by Gasteiger charge is -2.36. The van der Waals surface area contributed by atoms with Gasteiger partial charge in [-0.3, -0.25) is 9.79 Å². The molecule has 2 aromatic rings. The average molecular weight is 358 g/mol. The van der Waals surface area contributed by atoms with Crippen molar-refractivity contribution in [2.75, 3.05) is 25.6 Å². The van der Waals surface area contributed by atoms with Crippen molar-refractivity contribution in [3.8, 4) is 0 Å². The number of hydrogen-bond donors (Lipinski definition) is 3. The Labute approximate surface area is 148 Å². The maximum atomic E-state index is 14.1. The fourth-order valence-electron chi connectivity index (χ4n) is 3.92. The van der Waals surface area contributed by atoms with Crippen molar-refractivity contribution in [2.45, 2.75) is 18.4 Å². The highest BCUT2D eigenvalue weighted by atomic mass is 19.1. The van der Waals surface area contributed by atoms with Gasteiger partial charge in [0.2, 0.25) is 0 Å². The van der Waals surface area contributed by atoms with E-state index in [0.29, 0.717) is 35.8 Å². The number of hydrogen-bond acceptors (Lipinski definition) is 5. The SMILES string of the molecule is CN=C(N=CN)[C@H]1c2n[nH]c(=O)c3cc(F)cc(c23)N[C@@H]1[C@H]1CCOC1. The summed E-state index contributed by atoms with van der Waals surface area (Å²) >= 11 is 0. The molecule has 0 aliphatic carbocycles. The second kappa shape index (κ2) is 6.49. The summed E-state index contributed by atoms with van der Waals surface area (Å²) in [6.07, 6.45) is 2.04. The number of nitrogens with two attached hydrogens (primary N) is 1. The molecule has 26 heavy (non-hydrogen) atoms. The summed E-state index contributed by atoms with van der Waals surface area (Å²) in [7, 11) is 1.63. The van der Waals surface area contributed by atoms with Crippen LogP contribution in [0, 0.1) is 11.7 Å². The summed E-state index contributed by atoms with van der Waals surface area (Å²) in [5.41, 5.74) is 6.22. The number of aliphatic imine (C=N–C) groups is 2. The zero-order chi connectivity index (χ0) is 18.3. The van der Waals surface area contributed by atoms with Crippen LogP contribution in [0.1, 0.15) is 18.0 Å². The minimum absolute atomic E-state index is 0.157. The zero-order valence-electron chi connectivity index (χ0n) is 14.2. The van der Waals surface area contributed by atoms with Crippen LogP contribution in [0.15, 0.2) is 26.9 Å². The molecule has 1 saturated heterocycles. The molecule has 3 atom stereocenters. The van der Waals surface area contributed by atoms with Crippen LogP contribution in [0.3, 0.4) is 0 Å². The summed E-state index contributed by atoms with van der Waals surface area (Å²) < 4.78 is 19.6. The first-order valence-electron chi connectivity index (χ1n) is 8.41. The van der Waals surface area contributed by atoms with Crippen LogP contribution in [0.2, 0.25) is 0 Å². The normalized spacial score (nSPS) is 25.8. The van der Waals surface area contributed by atoms with E-state index in [0.717, 1.165) is 6.42 Å². The third-order valence-electron chi connectivity index (χ3n) is 5.04. The molecular weight excluding hydrogens is 339 g/mol. The number of ether oxygens (including phenoxy) is 1. The first-order valence-corrected chi connectivity index (χ1v) is 8.41. The standard InChI is InChI=1S/C17H19FN6O2/c1-20-16(21-7-19)13-14(8-2-3-26-6-8)22-11-5-9(18)4-10-12(11)15(13)23-24-17(10)25/h4-5,7-8,13-14,22H,2-3,6H2,1H3,(H,24,25)(H2,19,20,21)/t8-,13+,14+/m0/s1. The molecule has 4 rings (SSSR count). The van der Waals surface area contributed by atoms with Gasteiger partial charge in [-0.25, -0.2) is 14.5 Å². The van der Waals surface area contributed by atoms with Crippen molar-refractivity contribution in [3.05, 3.63) is 34.0 Å². The second-order valence-corrected chi connectivity index (χ2v) is 6.45. The van der Waals surface area contributed by atoms with Gasteiger partial charge in [-0.2, -0.15) is 5.10 Å². The molecule has 1 aromatic carbocycles. The van der Waals surface area contributed by atoms with Gasteiger partial charge in [0.1, 0.15) is 11.7 Å². The highest BCUT2D eigenvalue weighted by Gasteiger charge is 2.41. The summed E-state index contributed by atoms with van der Waals surface area (Å²) in [6, 6.07) is 2.45. The molecule has 0 unspecified atom stereocenters. The molecule has 0 radical (unpaired) electrons. The Kier molecular flexibility index (Phi) is 4.15. The predicted octanol–water partition coefficient (Wildman–Crippen LogP) is 0.992. The third kappa shape index (κ3) is 2.55. The topological polar surface area (TPSA) is 118 Å². The first-order chi connectivity index (χ1) is 12.6. The minimum atomic E-state index is -0.480. The van der Waals surface area contributed by atoms with Crippen LogP contribution in [0.25, 0.3) is 10.8 Å². The van der Waals surface area contributed by atoms with Crippen molar-refractivity contribution in [1.29, 1.82) is 0 Å². The van der Waals surface area contributed by atoms with E-state index in [1.807, 2.05) is 0 Å². The van der Waals surface area contributed by atoms with E-state index in [4.69, 9.17) is 10.5 Å². The lowest BCUT2D eigenvalue weighted by Crippen LogP contribution is -2.42. The number of benzene rings is 1. The number of aromatic nitrogens is 2. The summed E-state index contributed by atoms with van der Waals surface area (Å²) in [6.45, 7) is 1.24. The lowest BCUT2D eigenvalue weighted by molar-refractivity contribution is 0.181. The molecule has 4 N–H and O–H groups in total. The van der Waals surface area contributed by atoms with Gasteiger partial charge < -0.3 is 15.8 Å². The second-order valence-electron chi connectivity index (χ2n) is 6.45. The van der Waals surface area contributed by atoms with E-state index in [1.165, 1.54) is 18.5 Å². The van der Waals surface area contributed by atoms with Crippen LogP contribution >= 0.6 is 0 Å². The van der Waals surface area contributed by atoms with Crippen LogP contribution in [-0.4, -0.2) is 48.7 Å². The van der Waals surface area contributed by atoms with E-state index in [1.54, 1.807) is 7.05 Å². The number of nitrogens with zero attached hydrogens (tertiary/aromatic N) is 3. The van der Waals surface area contributed by atoms with Crippen LogP contribution in [0.5, 0.6) is 0 Å². The lowest BCUT2D eigenvalue weighted by atomic mass is 9.80. The Bertz CT molecular complexity index is 964. The molecule has 2 aliphatic heterocycles. The Hall–Kier alpha value is -2.81. The Balaban J connectivity index is 1.98. The van der Waals surface area contributed by atoms with Gasteiger partial charge in [0.15, 0.2) is 0 Å². The van der Waals surface area contributed by atoms with Gasteiger partial charge >= 0.3 is 0 Å². The molecule has 0 amide bonds. The highest BCUT2D eigenvalue weighted by molar-refractivity contribution is 6.04. The summed E-state index contributed by atoms with van der Waals surface area (Å²) in [5, 5.41) is 11.0. The maximum Gasteiger partial charge on any atom is 0.272 e. The molecule has 3 heterocycles. The summed E-state index contributed by atoms with van der Waals surface area (Å²) in [5.74, 6) is -0.159. The van der Waals surface area contributed by atoms with Gasteiger partial charge in [-0.05, 0) is 18.6 Å². The number of H-pyrrole nitrogens is 1. The molecule has 0 bridgehead atoms. The number of rotatable bonds is 2. The Morgan fingerprint density at radius 2 is 2.35 bits per heavy atom. The average Bonchev–Trinajstić information content (AvgIpc) is 3.16. The smallest absolute Gasteiger partial charge is 0.272 e. The van der Waals surface area contributed by atoms with E-state index >= 15 is 0 Å². The quantitative estimate of drug-likeness (QED) is 0.547. The van der Waals surface area contributed by atoms with E-state index in [9.17, 15) is 9.18 Å². The molecule has 2 aliphatic rings. The van der Waals surface area contributed by atoms with Crippen molar-refractivity contribution in [3.63, 3.8) is 0 Å². The molecular formula is C17H19FN6O2. The van der Waals surface area contributed by atoms with Gasteiger partial charge in [0.05, 0.1) is 29.9 Å². The number of halogens is 1. The molecule has 136 valence electrons. The Morgan fingerprint density at radius 1 is 1.50 bits per heavy atom. The number of nitrogens with one attached hydrogen (secondary N) is 2. The fraction of sp³-hybridized carbons (Fsp3) is 0.412. The van der Waals surface area contributed by atoms with Crippen molar-refractivity contribution in [1.82, 2.24) is 10.2 Å². The van der Waals surface area contributed by atoms with Gasteiger partial charge in [0.25, 0.3) is 5.56 Å². The fourth-order valence-corrected chi connectivity index (χ4v) is 3.92. The monoisotopic (exact) mass is 358 g/mol. The van der Waals surface area contributed by atoms with Crippen LogP contribution < -0.4 is 16.6 Å². The number of anilines is 1. The van der Waals surface area contributed by atoms with Gasteiger partial charge in [0, 0.05) is 36.7 Å². The zero-order valence-corrected chi connectivity index (χ0v) is 14.2. The van der Waals surface area contributed by atoms with Crippen LogP contribution in [0.4, 0.5) is 10.1 Å². The molecule has 8 nitrogen and oxygen atoms in total. The predicted molar refractivity (Wildman–Crippen MR) is 97.4 cm³/mol. The largest absolute Gasteiger partial charge is 0.390 e. The molecule has 0 spiro atoms. The third-order valence-corrected chi connectivity index (χ3v) is 5.04. The maximum absolute atomic E-state index is 14.1. The van der Waals surface area contributed by atoms with Crippen molar-refractivity contribution < 1.29 is 9.13 Å². The van der Waals surface area contributed by atoms with Crippen molar-refractivity contribution in [2.24, 2.45) is 21.6 Å². The van der Waals surface area contributed by atoms with Gasteiger partial charge in [-0.1, -0.05) is 0 Å². The molecule has 1 fully saturated rings. The van der Waals surface area contributed by atoms with Crippen molar-refractivity contribution >= 4 is 28.6 Å². The molecule has 0 saturated carbocycles. The Morgan fingerprint density at radius 3 is 3.04 bits per heavy atom. The van der Waals surface area contributed by atoms with Gasteiger partial charge in [-0.15, -0.1) is 0 Å². The minimum Gasteiger partial charge on any atom is -0.390 e. The molecule has 9 heteroatoms. The van der Waals surface area contributed by atoms with Crippen LogP contribution in [-0.2, 0) is 4.74 Å². The van der Waals surface area contributed by atoms with E-state index in [2.05, 4.69) is 25.5 Å². The van der Waals surface area contributed by atoms with E-state index in [-0.39, 0.29) is 23.3 Å². The number of amidine groups is 1. The number of aromatic amines is 1. The highest BCUT2D eigenvalue weighted by Crippen LogP contribution is 2.41. The van der Waals surface area contributed by atoms with E-state index < -0.39 is 11.4 Å². The molecule has 1 aromatic heterocycles. The summed E-state index contributed by atoms with van der Waals surface area (Å²) in [4.78, 5) is 20.7.